The number of hydrogen-bond donors (Lipinski definition) is 0. The first-order chi connectivity index (χ1) is 24.8. The Labute approximate surface area is 302 Å². The van der Waals surface area contributed by atoms with E-state index in [1.54, 1.807) is 0 Å². The zero-order chi connectivity index (χ0) is 35.4. The van der Waals surface area contributed by atoms with Gasteiger partial charge in [0.15, 0.2) is 0 Å². The molecule has 8 aromatic carbocycles. The normalized spacial score (nSPS) is 8.60. The van der Waals surface area contributed by atoms with Crippen molar-refractivity contribution in [1.82, 2.24) is 0 Å². The van der Waals surface area contributed by atoms with Crippen LogP contribution in [0.2, 0.25) is 0 Å². The monoisotopic (exact) mass is 650 g/mol. The number of hydrogen-bond acceptors (Lipinski definition) is 0. The van der Waals surface area contributed by atoms with E-state index in [-0.39, 0.29) is 0 Å². The van der Waals surface area contributed by atoms with Crippen molar-refractivity contribution < 1.29 is 0 Å². The van der Waals surface area contributed by atoms with Crippen molar-refractivity contribution in [2.45, 2.75) is 13.8 Å². The van der Waals surface area contributed by atoms with E-state index in [0.717, 1.165) is 0 Å². The highest BCUT2D eigenvalue weighted by molar-refractivity contribution is 5.68. The maximum absolute atomic E-state index is 2.18. The largest absolute Gasteiger partial charge is 0.0623 e. The molecule has 250 valence electrons. The molecule has 0 atom stereocenters. The Morgan fingerprint density at radius 1 is 0.200 bits per heavy atom. The number of rotatable bonds is 1. The molecular formula is C50H50. The van der Waals surface area contributed by atoms with E-state index in [1.807, 2.05) is 218 Å². The quantitative estimate of drug-likeness (QED) is 0.166. The Morgan fingerprint density at radius 3 is 0.620 bits per heavy atom. The summed E-state index contributed by atoms with van der Waals surface area (Å²) in [6.07, 6.45) is 0. The Morgan fingerprint density at radius 2 is 0.400 bits per heavy atom. The maximum Gasteiger partial charge on any atom is -0.0152 e. The van der Waals surface area contributed by atoms with Gasteiger partial charge >= 0.3 is 0 Å². The lowest BCUT2D eigenvalue weighted by molar-refractivity contribution is 1.34. The molecule has 50 heavy (non-hydrogen) atoms. The minimum atomic E-state index is 1.30. The van der Waals surface area contributed by atoms with Crippen LogP contribution in [-0.2, 0) is 0 Å². The van der Waals surface area contributed by atoms with Gasteiger partial charge in [0.05, 0.1) is 0 Å². The van der Waals surface area contributed by atoms with E-state index in [2.05, 4.69) is 62.4 Å². The third-order valence-electron chi connectivity index (χ3n) is 6.69. The first-order valence-electron chi connectivity index (χ1n) is 16.9. The molecule has 0 heteroatoms. The highest BCUT2D eigenvalue weighted by Gasteiger charge is 2.01. The summed E-state index contributed by atoms with van der Waals surface area (Å²) >= 11 is 0. The van der Waals surface area contributed by atoms with Gasteiger partial charge in [-0.25, -0.2) is 0 Å². The number of benzene rings is 8. The van der Waals surface area contributed by atoms with Crippen LogP contribution in [0.1, 0.15) is 11.1 Å². The first-order valence-corrected chi connectivity index (χ1v) is 16.9. The molecule has 0 bridgehead atoms. The second-order valence-electron chi connectivity index (χ2n) is 10.5. The van der Waals surface area contributed by atoms with Gasteiger partial charge in [-0.2, -0.15) is 0 Å². The molecule has 0 fully saturated rings. The summed E-state index contributed by atoms with van der Waals surface area (Å²) in [7, 11) is 0. The van der Waals surface area contributed by atoms with Crippen LogP contribution < -0.4 is 0 Å². The molecule has 0 radical (unpaired) electrons. The van der Waals surface area contributed by atoms with Gasteiger partial charge in [-0.15, -0.1) is 0 Å². The topological polar surface area (TPSA) is 0 Å². The molecule has 0 aliphatic rings. The molecule has 0 amide bonds. The van der Waals surface area contributed by atoms with Crippen LogP contribution in [-0.4, -0.2) is 0 Å². The molecule has 0 aromatic heterocycles. The Balaban J connectivity index is 0.000000210. The van der Waals surface area contributed by atoms with Crippen molar-refractivity contribution in [2.75, 3.05) is 0 Å². The van der Waals surface area contributed by atoms with Gasteiger partial charge in [-0.1, -0.05) is 267 Å². The van der Waals surface area contributed by atoms with Crippen molar-refractivity contribution in [3.63, 3.8) is 0 Å². The fraction of sp³-hybridized carbons (Fsp3) is 0.0400. The average Bonchev–Trinajstić information content (AvgIpc) is 3.24. The highest BCUT2D eigenvalue weighted by atomic mass is 14.1. The molecule has 0 N–H and O–H groups in total. The molecule has 0 spiro atoms. The second kappa shape index (κ2) is 30.1. The Bertz CT molecular complexity index is 1350. The molecule has 0 heterocycles. The lowest BCUT2D eigenvalue weighted by Crippen LogP contribution is -1.85. The van der Waals surface area contributed by atoms with Crippen LogP contribution in [0.15, 0.2) is 267 Å². The summed E-state index contributed by atoms with van der Waals surface area (Å²) in [6.45, 7) is 4.33. The molecule has 0 aliphatic carbocycles. The van der Waals surface area contributed by atoms with Gasteiger partial charge in [-0.3, -0.25) is 0 Å². The van der Waals surface area contributed by atoms with Gasteiger partial charge in [0.2, 0.25) is 0 Å². The molecular weight excluding hydrogens is 601 g/mol. The minimum Gasteiger partial charge on any atom is -0.0623 e. The second-order valence-corrected chi connectivity index (χ2v) is 10.5. The molecule has 0 aliphatic heterocycles. The van der Waals surface area contributed by atoms with E-state index in [1.165, 1.54) is 22.3 Å². The van der Waals surface area contributed by atoms with Crippen LogP contribution in [0, 0.1) is 13.8 Å². The summed E-state index contributed by atoms with van der Waals surface area (Å²) < 4.78 is 0. The molecule has 8 aromatic rings. The van der Waals surface area contributed by atoms with Gasteiger partial charge in [0.25, 0.3) is 0 Å². The van der Waals surface area contributed by atoms with Crippen molar-refractivity contribution >= 4 is 0 Å². The predicted molar refractivity (Wildman–Crippen MR) is 220 cm³/mol. The fourth-order valence-corrected chi connectivity index (χ4v) is 3.99. The lowest BCUT2D eigenvalue weighted by Gasteiger charge is -2.07. The molecule has 0 saturated heterocycles. The van der Waals surface area contributed by atoms with Crippen molar-refractivity contribution in [2.24, 2.45) is 0 Å². The third-order valence-corrected chi connectivity index (χ3v) is 6.69. The van der Waals surface area contributed by atoms with Crippen LogP contribution >= 0.6 is 0 Å². The van der Waals surface area contributed by atoms with Gasteiger partial charge < -0.3 is 0 Å². The standard InChI is InChI=1S/C14H14.6C6H6/c1-11-7-6-10-14(12(11)2)13-8-4-3-5-9-13;6*1-2-4-6-5-3-1/h3-10H,1-2H3;6*1-6H. The molecule has 0 nitrogen and oxygen atoms in total. The van der Waals surface area contributed by atoms with Gasteiger partial charge in [-0.05, 0) is 36.1 Å². The van der Waals surface area contributed by atoms with Gasteiger partial charge in [0.1, 0.15) is 0 Å². The van der Waals surface area contributed by atoms with Gasteiger partial charge in [0, 0.05) is 0 Å². The first kappa shape index (κ1) is 39.9. The zero-order valence-corrected chi connectivity index (χ0v) is 29.4. The van der Waals surface area contributed by atoms with Crippen LogP contribution in [0.25, 0.3) is 11.1 Å². The van der Waals surface area contributed by atoms with Crippen LogP contribution in [0.3, 0.4) is 0 Å². The van der Waals surface area contributed by atoms with E-state index >= 15 is 0 Å². The highest BCUT2D eigenvalue weighted by Crippen LogP contribution is 2.24. The lowest BCUT2D eigenvalue weighted by atomic mass is 9.97. The summed E-state index contributed by atoms with van der Waals surface area (Å²) in [5.74, 6) is 0. The number of aryl methyl sites for hydroxylation is 1. The molecule has 0 unspecified atom stereocenters. The summed E-state index contributed by atoms with van der Waals surface area (Å²) in [5.41, 5.74) is 5.37. The van der Waals surface area contributed by atoms with E-state index in [4.69, 9.17) is 0 Å². The minimum absolute atomic E-state index is 1.30. The van der Waals surface area contributed by atoms with Crippen LogP contribution in [0.4, 0.5) is 0 Å². The van der Waals surface area contributed by atoms with Crippen molar-refractivity contribution in [3.8, 4) is 11.1 Å². The van der Waals surface area contributed by atoms with E-state index in [9.17, 15) is 0 Å². The van der Waals surface area contributed by atoms with E-state index in [0.29, 0.717) is 0 Å². The molecule has 8 rings (SSSR count). The Hall–Kier alpha value is -6.24. The third kappa shape index (κ3) is 22.3. The zero-order valence-electron chi connectivity index (χ0n) is 29.4. The summed E-state index contributed by atoms with van der Waals surface area (Å²) in [4.78, 5) is 0. The SMILES string of the molecule is Cc1cccc(-c2ccccc2)c1C.c1ccccc1.c1ccccc1.c1ccccc1.c1ccccc1.c1ccccc1.c1ccccc1. The molecule has 0 saturated carbocycles. The van der Waals surface area contributed by atoms with Crippen LogP contribution in [0.5, 0.6) is 0 Å². The summed E-state index contributed by atoms with van der Waals surface area (Å²) in [6, 6.07) is 89.0. The van der Waals surface area contributed by atoms with Crippen molar-refractivity contribution in [1.29, 1.82) is 0 Å². The summed E-state index contributed by atoms with van der Waals surface area (Å²) in [5, 5.41) is 0. The average molecular weight is 651 g/mol. The fourth-order valence-electron chi connectivity index (χ4n) is 3.99. The Kier molecular flexibility index (Phi) is 24.1. The maximum atomic E-state index is 2.18. The van der Waals surface area contributed by atoms with Crippen molar-refractivity contribution in [3.05, 3.63) is 278 Å². The predicted octanol–water partition coefficient (Wildman–Crippen LogP) is 14.1. The smallest absolute Gasteiger partial charge is 0.0152 e. The van der Waals surface area contributed by atoms with E-state index < -0.39 is 0 Å².